The van der Waals surface area contributed by atoms with Gasteiger partial charge in [0.25, 0.3) is 0 Å². The molecule has 1 aliphatic carbocycles. The number of hydrogen-bond acceptors (Lipinski definition) is 2. The average molecular weight is 867 g/mol. The van der Waals surface area contributed by atoms with Gasteiger partial charge in [-0.15, -0.1) is 0 Å². The van der Waals surface area contributed by atoms with Crippen LogP contribution in [0.5, 0.6) is 0 Å². The molecular weight excluding hydrogens is 825 g/mol. The zero-order valence-corrected chi connectivity index (χ0v) is 37.1. The van der Waals surface area contributed by atoms with Crippen LogP contribution in [0.15, 0.2) is 259 Å². The fourth-order valence-electron chi connectivity index (χ4n) is 11.6. The molecule has 318 valence electrons. The van der Waals surface area contributed by atoms with Crippen LogP contribution in [0.3, 0.4) is 0 Å². The van der Waals surface area contributed by atoms with E-state index in [-0.39, 0.29) is 0 Å². The predicted octanol–water partition coefficient (Wildman–Crippen LogP) is 17.3. The molecule has 0 radical (unpaired) electrons. The third-order valence-electron chi connectivity index (χ3n) is 14.5. The van der Waals surface area contributed by atoms with E-state index in [2.05, 4.69) is 264 Å². The molecular formula is C65H42N2O. The number of rotatable bonds is 7. The molecule has 68 heavy (non-hydrogen) atoms. The van der Waals surface area contributed by atoms with E-state index < -0.39 is 5.41 Å². The fourth-order valence-corrected chi connectivity index (χ4v) is 11.6. The van der Waals surface area contributed by atoms with Crippen molar-refractivity contribution in [1.29, 1.82) is 0 Å². The molecule has 1 aliphatic rings. The van der Waals surface area contributed by atoms with Crippen molar-refractivity contribution in [3.63, 3.8) is 0 Å². The Bertz CT molecular complexity index is 4030. The minimum atomic E-state index is -0.549. The minimum absolute atomic E-state index is 0.549. The van der Waals surface area contributed by atoms with Crippen molar-refractivity contribution in [3.8, 4) is 27.9 Å². The molecule has 3 heteroatoms. The fraction of sp³-hybridized carbons (Fsp3) is 0.0154. The van der Waals surface area contributed by atoms with E-state index in [1.165, 1.54) is 60.8 Å². The summed E-state index contributed by atoms with van der Waals surface area (Å²) in [6.45, 7) is 0. The molecule has 3 nitrogen and oxygen atoms in total. The third kappa shape index (κ3) is 5.54. The van der Waals surface area contributed by atoms with Crippen LogP contribution in [0.2, 0.25) is 0 Å². The van der Waals surface area contributed by atoms with Gasteiger partial charge in [-0.25, -0.2) is 0 Å². The van der Waals surface area contributed by atoms with Gasteiger partial charge in [-0.05, 0) is 111 Å². The van der Waals surface area contributed by atoms with Crippen molar-refractivity contribution >= 4 is 71.6 Å². The zero-order valence-electron chi connectivity index (χ0n) is 37.1. The highest BCUT2D eigenvalue weighted by atomic mass is 16.3. The first kappa shape index (κ1) is 38.4. The van der Waals surface area contributed by atoms with E-state index in [9.17, 15) is 0 Å². The molecule has 2 aromatic heterocycles. The van der Waals surface area contributed by atoms with E-state index >= 15 is 0 Å². The molecule has 0 amide bonds. The monoisotopic (exact) mass is 866 g/mol. The summed E-state index contributed by atoms with van der Waals surface area (Å²) in [6, 6.07) is 93.0. The van der Waals surface area contributed by atoms with Crippen LogP contribution in [0, 0.1) is 0 Å². The summed E-state index contributed by atoms with van der Waals surface area (Å²) in [4.78, 5) is 2.48. The first-order valence-electron chi connectivity index (χ1n) is 23.4. The van der Waals surface area contributed by atoms with Crippen LogP contribution in [-0.4, -0.2) is 4.57 Å². The Morgan fingerprint density at radius 1 is 0.397 bits per heavy atom. The Kier molecular flexibility index (Phi) is 8.50. The smallest absolute Gasteiger partial charge is 0.145 e. The van der Waals surface area contributed by atoms with Crippen LogP contribution in [-0.2, 0) is 5.41 Å². The molecule has 11 aromatic carbocycles. The molecule has 14 rings (SSSR count). The highest BCUT2D eigenvalue weighted by Crippen LogP contribution is 2.60. The van der Waals surface area contributed by atoms with Gasteiger partial charge in [0.1, 0.15) is 11.2 Å². The number of anilines is 3. The highest BCUT2D eigenvalue weighted by Gasteiger charge is 2.47. The molecule has 0 saturated heterocycles. The zero-order chi connectivity index (χ0) is 44.8. The van der Waals surface area contributed by atoms with Gasteiger partial charge in [0, 0.05) is 43.9 Å². The Labute approximate surface area is 394 Å². The Balaban J connectivity index is 1.01. The lowest BCUT2D eigenvalue weighted by Gasteiger charge is -2.34. The second-order valence-corrected chi connectivity index (χ2v) is 17.9. The van der Waals surface area contributed by atoms with Gasteiger partial charge >= 0.3 is 0 Å². The Morgan fingerprint density at radius 2 is 1.01 bits per heavy atom. The lowest BCUT2D eigenvalue weighted by molar-refractivity contribution is 0.672. The standard InChI is InChI=1S/C65H42N2O/c1-4-19-46(20-5-1)65(47-21-6-2-7-22-47)55-28-13-10-27-53(55)63-56(65)29-17-32-60(63)67(59-31-16-18-44-36-40-52-51-26-12-15-33-61(51)68-64(52)62(44)59)49-38-34-43(35-39-49)45-37-41-58-54(42-45)50-25-11-14-30-57(50)66(58)48-23-8-3-9-24-48/h1-42H. The van der Waals surface area contributed by atoms with Crippen molar-refractivity contribution in [2.45, 2.75) is 5.41 Å². The number of benzene rings is 11. The maximum Gasteiger partial charge on any atom is 0.145 e. The van der Waals surface area contributed by atoms with Crippen molar-refractivity contribution in [1.82, 2.24) is 4.57 Å². The number of fused-ring (bicyclic) bond motifs is 11. The van der Waals surface area contributed by atoms with Gasteiger partial charge in [0.2, 0.25) is 0 Å². The molecule has 13 aromatic rings. The number of furan rings is 1. The summed E-state index contributed by atoms with van der Waals surface area (Å²) >= 11 is 0. The minimum Gasteiger partial charge on any atom is -0.455 e. The number of nitrogens with zero attached hydrogens (tertiary/aromatic N) is 2. The maximum absolute atomic E-state index is 6.87. The highest BCUT2D eigenvalue weighted by molar-refractivity contribution is 6.20. The molecule has 0 fully saturated rings. The largest absolute Gasteiger partial charge is 0.455 e. The SMILES string of the molecule is c1ccc(-n2c3ccccc3c3cc(-c4ccc(N(c5cccc6c5-c5ccccc5C6(c5ccccc5)c5ccccc5)c5cccc6ccc7c8ccccc8oc7c56)cc4)ccc32)cc1. The lowest BCUT2D eigenvalue weighted by atomic mass is 9.68. The van der Waals surface area contributed by atoms with Crippen molar-refractivity contribution in [3.05, 3.63) is 277 Å². The number of aromatic nitrogens is 1. The van der Waals surface area contributed by atoms with Gasteiger partial charge in [-0.1, -0.05) is 188 Å². The molecule has 0 bridgehead atoms. The van der Waals surface area contributed by atoms with Crippen LogP contribution < -0.4 is 4.90 Å². The molecule has 0 saturated carbocycles. The quantitative estimate of drug-likeness (QED) is 0.159. The molecule has 0 spiro atoms. The average Bonchev–Trinajstić information content (AvgIpc) is 4.06. The molecule has 0 atom stereocenters. The van der Waals surface area contributed by atoms with Crippen LogP contribution in [0.4, 0.5) is 17.1 Å². The third-order valence-corrected chi connectivity index (χ3v) is 14.5. The topological polar surface area (TPSA) is 21.3 Å². The van der Waals surface area contributed by atoms with E-state index in [1.54, 1.807) is 0 Å². The molecule has 0 unspecified atom stereocenters. The normalized spacial score (nSPS) is 12.8. The number of para-hydroxylation sites is 3. The van der Waals surface area contributed by atoms with E-state index in [4.69, 9.17) is 4.42 Å². The van der Waals surface area contributed by atoms with Crippen LogP contribution in [0.1, 0.15) is 22.3 Å². The van der Waals surface area contributed by atoms with Crippen LogP contribution in [0.25, 0.3) is 82.5 Å². The Hall–Kier alpha value is -8.92. The van der Waals surface area contributed by atoms with E-state index in [1.807, 2.05) is 0 Å². The summed E-state index contributed by atoms with van der Waals surface area (Å²) in [6.07, 6.45) is 0. The Morgan fingerprint density at radius 3 is 1.81 bits per heavy atom. The second-order valence-electron chi connectivity index (χ2n) is 17.9. The summed E-state index contributed by atoms with van der Waals surface area (Å²) in [7, 11) is 0. The van der Waals surface area contributed by atoms with Gasteiger partial charge < -0.3 is 13.9 Å². The van der Waals surface area contributed by atoms with E-state index in [0.717, 1.165) is 61.0 Å². The molecule has 2 heterocycles. The lowest BCUT2D eigenvalue weighted by Crippen LogP contribution is -2.28. The van der Waals surface area contributed by atoms with Gasteiger partial charge in [-0.2, -0.15) is 0 Å². The molecule has 0 aliphatic heterocycles. The van der Waals surface area contributed by atoms with E-state index in [0.29, 0.717) is 0 Å². The summed E-state index contributed by atoms with van der Waals surface area (Å²) in [5.41, 5.74) is 17.8. The van der Waals surface area contributed by atoms with Crippen molar-refractivity contribution < 1.29 is 4.42 Å². The maximum atomic E-state index is 6.87. The second kappa shape index (κ2) is 15.1. The van der Waals surface area contributed by atoms with Gasteiger partial charge in [-0.3, -0.25) is 0 Å². The van der Waals surface area contributed by atoms with Gasteiger partial charge in [0.05, 0.1) is 27.8 Å². The van der Waals surface area contributed by atoms with Gasteiger partial charge in [0.15, 0.2) is 0 Å². The van der Waals surface area contributed by atoms with Crippen molar-refractivity contribution in [2.24, 2.45) is 0 Å². The summed E-state index contributed by atoms with van der Waals surface area (Å²) in [5.74, 6) is 0. The van der Waals surface area contributed by atoms with Crippen LogP contribution >= 0.6 is 0 Å². The summed E-state index contributed by atoms with van der Waals surface area (Å²) in [5, 5.41) is 6.89. The first-order valence-corrected chi connectivity index (χ1v) is 23.4. The molecule has 0 N–H and O–H groups in total. The van der Waals surface area contributed by atoms with Crippen molar-refractivity contribution in [2.75, 3.05) is 4.90 Å². The predicted molar refractivity (Wildman–Crippen MR) is 283 cm³/mol. The first-order chi connectivity index (χ1) is 33.8. The summed E-state index contributed by atoms with van der Waals surface area (Å²) < 4.78 is 9.24. The number of hydrogen-bond donors (Lipinski definition) is 0.